The minimum atomic E-state index is -0.159. The van der Waals surface area contributed by atoms with Crippen LogP contribution in [0, 0.1) is 6.92 Å². The molecule has 7 heteroatoms. The van der Waals surface area contributed by atoms with E-state index in [2.05, 4.69) is 4.90 Å². The topological polar surface area (TPSA) is 70.4 Å². The molecule has 2 aliphatic rings. The lowest BCUT2D eigenvalue weighted by molar-refractivity contribution is 0.0809. The van der Waals surface area contributed by atoms with Crippen LogP contribution < -0.4 is 18.9 Å². The Morgan fingerprint density at radius 3 is 2.78 bits per heavy atom. The van der Waals surface area contributed by atoms with Gasteiger partial charge in [0.2, 0.25) is 5.78 Å². The zero-order valence-electron chi connectivity index (χ0n) is 18.1. The Bertz CT molecular complexity index is 1210. The second-order valence-electron chi connectivity index (χ2n) is 7.76. The Balaban J connectivity index is 1.50. The smallest absolute Gasteiger partial charge is 0.232 e. The van der Waals surface area contributed by atoms with Crippen molar-refractivity contribution in [2.24, 2.45) is 0 Å². The Kier molecular flexibility index (Phi) is 5.11. The number of methoxy groups -OCH3 is 2. The van der Waals surface area contributed by atoms with Crippen LogP contribution in [0.15, 0.2) is 52.8 Å². The number of rotatable bonds is 5. The Morgan fingerprint density at radius 2 is 2.03 bits per heavy atom. The number of benzene rings is 2. The molecular weight excluding hydrogens is 410 g/mol. The van der Waals surface area contributed by atoms with Crippen LogP contribution in [0.5, 0.6) is 23.0 Å². The molecule has 0 atom stereocenters. The van der Waals surface area contributed by atoms with Crippen molar-refractivity contribution in [1.82, 2.24) is 4.90 Å². The molecule has 2 aliphatic heterocycles. The van der Waals surface area contributed by atoms with Crippen LogP contribution in [0.2, 0.25) is 0 Å². The normalized spacial score (nSPS) is 16.3. The first-order valence-electron chi connectivity index (χ1n) is 10.3. The molecule has 3 aromatic rings. The van der Waals surface area contributed by atoms with Gasteiger partial charge in [0.25, 0.3) is 0 Å². The third kappa shape index (κ3) is 3.50. The van der Waals surface area contributed by atoms with Gasteiger partial charge in [0.1, 0.15) is 35.5 Å². The highest BCUT2D eigenvalue weighted by Gasteiger charge is 2.35. The minimum absolute atomic E-state index is 0.159. The van der Waals surface area contributed by atoms with Crippen molar-refractivity contribution in [3.63, 3.8) is 0 Å². The molecule has 0 spiro atoms. The molecule has 3 heterocycles. The van der Waals surface area contributed by atoms with Crippen molar-refractivity contribution in [3.8, 4) is 23.0 Å². The summed E-state index contributed by atoms with van der Waals surface area (Å²) in [6.07, 6.45) is 3.35. The number of nitrogens with zero attached hydrogens (tertiary/aromatic N) is 1. The predicted molar refractivity (Wildman–Crippen MR) is 117 cm³/mol. The fraction of sp³-hybridized carbons (Fsp3) is 0.240. The number of carbonyl (C=O) groups is 1. The van der Waals surface area contributed by atoms with E-state index in [1.807, 2.05) is 31.2 Å². The number of Topliss-reactive ketones (excluding diaryl/α,β-unsaturated/α-hetero) is 1. The lowest BCUT2D eigenvalue weighted by Crippen LogP contribution is -2.31. The largest absolute Gasteiger partial charge is 0.497 e. The quantitative estimate of drug-likeness (QED) is 0.546. The van der Waals surface area contributed by atoms with Gasteiger partial charge in [0.05, 0.1) is 38.2 Å². The molecule has 0 fully saturated rings. The van der Waals surface area contributed by atoms with Gasteiger partial charge in [0, 0.05) is 12.1 Å². The van der Waals surface area contributed by atoms with Gasteiger partial charge in [-0.05, 0) is 55.0 Å². The third-order valence-electron chi connectivity index (χ3n) is 5.67. The molecule has 0 aliphatic carbocycles. The van der Waals surface area contributed by atoms with Crippen LogP contribution in [0.25, 0.3) is 6.08 Å². The number of allylic oxidation sites excluding steroid dienone is 1. The molecule has 5 rings (SSSR count). The van der Waals surface area contributed by atoms with E-state index in [0.29, 0.717) is 48.2 Å². The SMILES string of the molecule is COc1ccc(OC)c(/C=C2\Oc3c4c(cc(C)c3C2=O)OCN(Cc2ccco2)C4)c1. The number of aryl methyl sites for hydroxylation is 1. The molecule has 0 saturated carbocycles. The van der Waals surface area contributed by atoms with Gasteiger partial charge in [0.15, 0.2) is 5.76 Å². The van der Waals surface area contributed by atoms with Crippen LogP contribution in [0.4, 0.5) is 0 Å². The molecule has 2 aromatic carbocycles. The van der Waals surface area contributed by atoms with Crippen molar-refractivity contribution in [3.05, 3.63) is 76.4 Å². The molecule has 1 aromatic heterocycles. The Hall–Kier alpha value is -3.71. The number of ether oxygens (including phenoxy) is 4. The lowest BCUT2D eigenvalue weighted by atomic mass is 9.98. The van der Waals surface area contributed by atoms with E-state index in [9.17, 15) is 4.79 Å². The van der Waals surface area contributed by atoms with E-state index in [-0.39, 0.29) is 11.5 Å². The van der Waals surface area contributed by atoms with Crippen molar-refractivity contribution in [2.75, 3.05) is 21.0 Å². The fourth-order valence-corrected chi connectivity index (χ4v) is 4.09. The number of furan rings is 1. The van der Waals surface area contributed by atoms with Gasteiger partial charge in [-0.15, -0.1) is 0 Å². The van der Waals surface area contributed by atoms with Gasteiger partial charge < -0.3 is 23.4 Å². The number of hydrogen-bond donors (Lipinski definition) is 0. The van der Waals surface area contributed by atoms with Crippen LogP contribution in [-0.4, -0.2) is 31.6 Å². The average Bonchev–Trinajstić information content (AvgIpc) is 3.42. The van der Waals surface area contributed by atoms with Crippen molar-refractivity contribution in [2.45, 2.75) is 20.0 Å². The first kappa shape index (κ1) is 20.2. The Labute approximate surface area is 185 Å². The number of fused-ring (bicyclic) bond motifs is 3. The summed E-state index contributed by atoms with van der Waals surface area (Å²) in [5, 5.41) is 0. The van der Waals surface area contributed by atoms with Gasteiger partial charge in [-0.2, -0.15) is 0 Å². The molecule has 164 valence electrons. The van der Waals surface area contributed by atoms with E-state index in [4.69, 9.17) is 23.4 Å². The summed E-state index contributed by atoms with van der Waals surface area (Å²) in [5.74, 6) is 3.52. The number of carbonyl (C=O) groups excluding carboxylic acids is 1. The molecule has 0 unspecified atom stereocenters. The molecule has 7 nitrogen and oxygen atoms in total. The molecule has 32 heavy (non-hydrogen) atoms. The second-order valence-corrected chi connectivity index (χ2v) is 7.76. The zero-order valence-corrected chi connectivity index (χ0v) is 18.1. The summed E-state index contributed by atoms with van der Waals surface area (Å²) in [6, 6.07) is 11.1. The first-order valence-corrected chi connectivity index (χ1v) is 10.3. The maximum Gasteiger partial charge on any atom is 0.232 e. The predicted octanol–water partition coefficient (Wildman–Crippen LogP) is 4.57. The fourth-order valence-electron chi connectivity index (χ4n) is 4.09. The summed E-state index contributed by atoms with van der Waals surface area (Å²) in [4.78, 5) is 15.4. The molecule has 0 bridgehead atoms. The maximum atomic E-state index is 13.3. The summed E-state index contributed by atoms with van der Waals surface area (Å²) in [6.45, 7) is 3.52. The highest BCUT2D eigenvalue weighted by molar-refractivity contribution is 6.16. The highest BCUT2D eigenvalue weighted by atomic mass is 16.5. The Morgan fingerprint density at radius 1 is 1.16 bits per heavy atom. The molecule has 0 saturated heterocycles. The average molecular weight is 433 g/mol. The van der Waals surface area contributed by atoms with Gasteiger partial charge in [-0.3, -0.25) is 9.69 Å². The van der Waals surface area contributed by atoms with Crippen LogP contribution in [-0.2, 0) is 13.1 Å². The monoisotopic (exact) mass is 433 g/mol. The third-order valence-corrected chi connectivity index (χ3v) is 5.67. The number of ketones is 1. The minimum Gasteiger partial charge on any atom is -0.497 e. The molecular formula is C25H23NO6. The van der Waals surface area contributed by atoms with Crippen LogP contribution >= 0.6 is 0 Å². The zero-order chi connectivity index (χ0) is 22.2. The first-order chi connectivity index (χ1) is 15.6. The van der Waals surface area contributed by atoms with Crippen molar-refractivity contribution < 1.29 is 28.2 Å². The van der Waals surface area contributed by atoms with Crippen LogP contribution in [0.1, 0.15) is 32.8 Å². The molecule has 0 N–H and O–H groups in total. The molecule has 0 radical (unpaired) electrons. The standard InChI is InChI=1S/C25H23NO6/c1-15-9-21-19(13-26(14-31-21)12-18-5-4-8-30-18)25-23(15)24(27)22(32-25)11-16-10-17(28-2)6-7-20(16)29-3/h4-11H,12-14H2,1-3H3/b22-11-. The van der Waals surface area contributed by atoms with E-state index < -0.39 is 0 Å². The van der Waals surface area contributed by atoms with Gasteiger partial charge in [-0.1, -0.05) is 0 Å². The maximum absolute atomic E-state index is 13.3. The summed E-state index contributed by atoms with van der Waals surface area (Å²) in [5.41, 5.74) is 2.95. The second kappa shape index (κ2) is 8.09. The lowest BCUT2D eigenvalue weighted by Gasteiger charge is -2.29. The number of hydrogen-bond acceptors (Lipinski definition) is 7. The highest BCUT2D eigenvalue weighted by Crippen LogP contribution is 2.44. The van der Waals surface area contributed by atoms with Crippen molar-refractivity contribution in [1.29, 1.82) is 0 Å². The molecule has 0 amide bonds. The summed E-state index contributed by atoms with van der Waals surface area (Å²) < 4.78 is 28.3. The van der Waals surface area contributed by atoms with Gasteiger partial charge >= 0.3 is 0 Å². The van der Waals surface area contributed by atoms with E-state index in [1.165, 1.54) is 0 Å². The van der Waals surface area contributed by atoms with E-state index in [1.54, 1.807) is 38.7 Å². The van der Waals surface area contributed by atoms with Gasteiger partial charge in [-0.25, -0.2) is 0 Å². The summed E-state index contributed by atoms with van der Waals surface area (Å²) >= 11 is 0. The van der Waals surface area contributed by atoms with E-state index >= 15 is 0 Å². The van der Waals surface area contributed by atoms with Crippen LogP contribution in [0.3, 0.4) is 0 Å². The van der Waals surface area contributed by atoms with Crippen molar-refractivity contribution >= 4 is 11.9 Å². The summed E-state index contributed by atoms with van der Waals surface area (Å²) in [7, 11) is 3.18. The van der Waals surface area contributed by atoms with E-state index in [0.717, 1.165) is 22.6 Å².